The third-order valence-corrected chi connectivity index (χ3v) is 1.30. The highest BCUT2D eigenvalue weighted by molar-refractivity contribution is 6.03. The van der Waals surface area contributed by atoms with Crippen LogP contribution in [0.1, 0.15) is 5.56 Å². The summed E-state index contributed by atoms with van der Waals surface area (Å²) in [5, 5.41) is 10.3. The van der Waals surface area contributed by atoms with Crippen LogP contribution in [-0.2, 0) is 0 Å². The Morgan fingerprint density at radius 2 is 2.15 bits per heavy atom. The second kappa shape index (κ2) is 3.42. The lowest BCUT2D eigenvalue weighted by atomic mass is 10.2. The molecule has 0 atom stereocenters. The summed E-state index contributed by atoms with van der Waals surface area (Å²) in [7, 11) is 0. The highest BCUT2D eigenvalue weighted by atomic mass is 19.4. The molecule has 0 unspecified atom stereocenters. The molecule has 0 spiro atoms. The quantitative estimate of drug-likeness (QED) is 0.417. The first-order valence-electron chi connectivity index (χ1n) is 3.25. The van der Waals surface area contributed by atoms with E-state index in [4.69, 9.17) is 5.21 Å². The minimum atomic E-state index is -4.67. The van der Waals surface area contributed by atoms with Crippen LogP contribution < -0.4 is 0 Å². The molecule has 3 nitrogen and oxygen atoms in total. The maximum Gasteiger partial charge on any atom is 0.437 e. The number of rotatable bonds is 1. The van der Waals surface area contributed by atoms with Gasteiger partial charge in [0.15, 0.2) is 5.71 Å². The molecule has 0 saturated heterocycles. The summed E-state index contributed by atoms with van der Waals surface area (Å²) >= 11 is 0. The van der Waals surface area contributed by atoms with Crippen molar-refractivity contribution in [2.45, 2.75) is 6.18 Å². The first-order chi connectivity index (χ1) is 6.05. The fourth-order valence-electron chi connectivity index (χ4n) is 0.781. The van der Waals surface area contributed by atoms with E-state index in [2.05, 4.69) is 10.1 Å². The first-order valence-corrected chi connectivity index (χ1v) is 3.25. The van der Waals surface area contributed by atoms with Crippen molar-refractivity contribution in [1.82, 2.24) is 4.98 Å². The largest absolute Gasteiger partial charge is 0.437 e. The number of pyridine rings is 1. The van der Waals surface area contributed by atoms with Gasteiger partial charge in [0.05, 0.1) is 0 Å². The number of alkyl halides is 3. The number of hydrogen-bond acceptors (Lipinski definition) is 3. The summed E-state index contributed by atoms with van der Waals surface area (Å²) in [4.78, 5) is 3.48. The zero-order chi connectivity index (χ0) is 9.90. The van der Waals surface area contributed by atoms with E-state index in [1.165, 1.54) is 12.3 Å². The third-order valence-electron chi connectivity index (χ3n) is 1.30. The van der Waals surface area contributed by atoms with E-state index < -0.39 is 11.9 Å². The fourth-order valence-corrected chi connectivity index (χ4v) is 0.781. The van der Waals surface area contributed by atoms with Crippen LogP contribution in [0.15, 0.2) is 29.7 Å². The number of hydrogen-bond donors (Lipinski definition) is 1. The average molecular weight is 190 g/mol. The summed E-state index contributed by atoms with van der Waals surface area (Å²) in [5.74, 6) is 0. The van der Waals surface area contributed by atoms with Crippen LogP contribution >= 0.6 is 0 Å². The summed E-state index contributed by atoms with van der Waals surface area (Å²) in [5.41, 5.74) is -1.61. The van der Waals surface area contributed by atoms with Gasteiger partial charge in [-0.15, -0.1) is 0 Å². The lowest BCUT2D eigenvalue weighted by Gasteiger charge is -2.07. The lowest BCUT2D eigenvalue weighted by Crippen LogP contribution is -2.24. The second-order valence-electron chi connectivity index (χ2n) is 2.19. The minimum absolute atomic E-state index is 0.266. The summed E-state index contributed by atoms with van der Waals surface area (Å²) in [6.45, 7) is 0. The fraction of sp³-hybridized carbons (Fsp3) is 0.143. The molecule has 0 aromatic carbocycles. The van der Waals surface area contributed by atoms with Crippen LogP contribution in [0, 0.1) is 0 Å². The Kier molecular flexibility index (Phi) is 2.50. The van der Waals surface area contributed by atoms with Gasteiger partial charge < -0.3 is 5.21 Å². The molecule has 70 valence electrons. The Bertz CT molecular complexity index is 307. The number of oxime groups is 1. The topological polar surface area (TPSA) is 45.5 Å². The van der Waals surface area contributed by atoms with Crippen molar-refractivity contribution < 1.29 is 18.4 Å². The predicted octanol–water partition coefficient (Wildman–Crippen LogP) is 1.82. The molecule has 1 heterocycles. The Morgan fingerprint density at radius 1 is 1.46 bits per heavy atom. The molecule has 0 aliphatic carbocycles. The lowest BCUT2D eigenvalue weighted by molar-refractivity contribution is -0.0601. The SMILES string of the molecule is ON=C(c1cccnc1)C(F)(F)F. The van der Waals surface area contributed by atoms with Gasteiger partial charge in [0.1, 0.15) is 0 Å². The minimum Gasteiger partial charge on any atom is -0.410 e. The molecular weight excluding hydrogens is 185 g/mol. The highest BCUT2D eigenvalue weighted by Crippen LogP contribution is 2.21. The van der Waals surface area contributed by atoms with E-state index in [0.717, 1.165) is 12.3 Å². The monoisotopic (exact) mass is 190 g/mol. The van der Waals surface area contributed by atoms with Crippen LogP contribution in [0.25, 0.3) is 0 Å². The first kappa shape index (κ1) is 9.50. The molecule has 1 aromatic rings. The van der Waals surface area contributed by atoms with E-state index >= 15 is 0 Å². The molecule has 0 radical (unpaired) electrons. The van der Waals surface area contributed by atoms with E-state index in [9.17, 15) is 13.2 Å². The van der Waals surface area contributed by atoms with E-state index in [1.807, 2.05) is 0 Å². The molecule has 13 heavy (non-hydrogen) atoms. The zero-order valence-electron chi connectivity index (χ0n) is 6.28. The van der Waals surface area contributed by atoms with Crippen molar-refractivity contribution in [3.05, 3.63) is 30.1 Å². The maximum absolute atomic E-state index is 12.1. The van der Waals surface area contributed by atoms with Gasteiger partial charge >= 0.3 is 6.18 Å². The Hall–Kier alpha value is -1.59. The molecule has 0 aliphatic rings. The van der Waals surface area contributed by atoms with Gasteiger partial charge in [-0.1, -0.05) is 5.16 Å². The van der Waals surface area contributed by atoms with E-state index in [1.54, 1.807) is 0 Å². The second-order valence-corrected chi connectivity index (χ2v) is 2.19. The van der Waals surface area contributed by atoms with Gasteiger partial charge in [0, 0.05) is 18.0 Å². The Balaban J connectivity index is 3.08. The highest BCUT2D eigenvalue weighted by Gasteiger charge is 2.37. The molecule has 0 aliphatic heterocycles. The average Bonchev–Trinajstić information content (AvgIpc) is 2.05. The number of nitrogens with zero attached hydrogens (tertiary/aromatic N) is 2. The van der Waals surface area contributed by atoms with Gasteiger partial charge in [0.2, 0.25) is 0 Å². The summed E-state index contributed by atoms with van der Waals surface area (Å²) < 4.78 is 36.3. The Morgan fingerprint density at radius 3 is 2.54 bits per heavy atom. The summed E-state index contributed by atoms with van der Waals surface area (Å²) in [6.07, 6.45) is -2.37. The summed E-state index contributed by atoms with van der Waals surface area (Å²) in [6, 6.07) is 2.49. The molecule has 0 saturated carbocycles. The normalized spacial score (nSPS) is 13.0. The molecular formula is C7H5F3N2O. The van der Waals surface area contributed by atoms with Gasteiger partial charge in [-0.05, 0) is 12.1 Å². The van der Waals surface area contributed by atoms with Crippen molar-refractivity contribution in [2.24, 2.45) is 5.16 Å². The standard InChI is InChI=1S/C7H5F3N2O/c8-7(9,10)6(12-13)5-2-1-3-11-4-5/h1-4,13H. The van der Waals surface area contributed by atoms with Crippen LogP contribution in [0.4, 0.5) is 13.2 Å². The van der Waals surface area contributed by atoms with Crippen LogP contribution in [-0.4, -0.2) is 22.1 Å². The molecule has 6 heteroatoms. The molecule has 0 bridgehead atoms. The molecule has 0 fully saturated rings. The van der Waals surface area contributed by atoms with Crippen LogP contribution in [0.5, 0.6) is 0 Å². The van der Waals surface area contributed by atoms with E-state index in [0.29, 0.717) is 0 Å². The smallest absolute Gasteiger partial charge is 0.410 e. The number of halogens is 3. The number of aromatic nitrogens is 1. The van der Waals surface area contributed by atoms with Crippen LogP contribution in [0.2, 0.25) is 0 Å². The van der Waals surface area contributed by atoms with Gasteiger partial charge in [0.25, 0.3) is 0 Å². The Labute approximate surface area is 71.5 Å². The van der Waals surface area contributed by atoms with E-state index in [-0.39, 0.29) is 5.56 Å². The molecule has 1 N–H and O–H groups in total. The van der Waals surface area contributed by atoms with Crippen molar-refractivity contribution in [3.63, 3.8) is 0 Å². The van der Waals surface area contributed by atoms with Crippen molar-refractivity contribution >= 4 is 5.71 Å². The van der Waals surface area contributed by atoms with Crippen molar-refractivity contribution in [2.75, 3.05) is 0 Å². The molecule has 1 aromatic heterocycles. The zero-order valence-corrected chi connectivity index (χ0v) is 6.28. The molecule has 1 rings (SSSR count). The maximum atomic E-state index is 12.1. The van der Waals surface area contributed by atoms with Crippen LogP contribution in [0.3, 0.4) is 0 Å². The van der Waals surface area contributed by atoms with Gasteiger partial charge in [-0.2, -0.15) is 13.2 Å². The third kappa shape index (κ3) is 2.17. The van der Waals surface area contributed by atoms with Gasteiger partial charge in [-0.3, -0.25) is 4.98 Å². The predicted molar refractivity (Wildman–Crippen MR) is 38.6 cm³/mol. The van der Waals surface area contributed by atoms with Crippen molar-refractivity contribution in [1.29, 1.82) is 0 Å². The van der Waals surface area contributed by atoms with Crippen molar-refractivity contribution in [3.8, 4) is 0 Å². The molecule has 0 amide bonds. The van der Waals surface area contributed by atoms with Gasteiger partial charge in [-0.25, -0.2) is 0 Å².